The van der Waals surface area contributed by atoms with E-state index >= 15 is 0 Å². The first-order chi connectivity index (χ1) is 29.7. The molecule has 0 radical (unpaired) electrons. The van der Waals surface area contributed by atoms with Crippen molar-refractivity contribution in [3.8, 4) is 5.82 Å². The Morgan fingerprint density at radius 1 is 0.873 bits per heavy atom. The molecule has 7 atom stereocenters. The van der Waals surface area contributed by atoms with E-state index in [-0.39, 0.29) is 56.4 Å². The SMILES string of the molecule is CC(C)C[C@H]1NC(=O)[C@H](N)[C@@H](C(C)C)c2ccc3c4c([nH]c3c2)-n2cnc(c2)C[C@@H](C(=O)O)NC(=O)CNC(=O)[C@@H](CCCN=C(N)N)NC(=O)[C@H](C4)NC(=O)[C@@H](C(C)C)NC1=O. The minimum atomic E-state index is -1.41. The van der Waals surface area contributed by atoms with E-state index < -0.39 is 96.0 Å². The lowest BCUT2D eigenvalue weighted by molar-refractivity contribution is -0.141. The van der Waals surface area contributed by atoms with E-state index in [0.717, 1.165) is 0 Å². The number of benzene rings is 1. The molecule has 3 aromatic rings. The van der Waals surface area contributed by atoms with Crippen LogP contribution in [-0.2, 0) is 46.4 Å². The highest BCUT2D eigenvalue weighted by molar-refractivity contribution is 5.98. The number of aromatic nitrogens is 3. The van der Waals surface area contributed by atoms with Crippen LogP contribution in [0.25, 0.3) is 16.7 Å². The van der Waals surface area contributed by atoms with Crippen LogP contribution in [0.5, 0.6) is 0 Å². The molecule has 0 aliphatic carbocycles. The summed E-state index contributed by atoms with van der Waals surface area (Å²) in [5.41, 5.74) is 19.9. The lowest BCUT2D eigenvalue weighted by Gasteiger charge is -2.30. The van der Waals surface area contributed by atoms with Crippen LogP contribution in [-0.4, -0.2) is 116 Å². The molecule has 0 fully saturated rings. The molecule has 0 saturated carbocycles. The zero-order valence-corrected chi connectivity index (χ0v) is 36.5. The topological polar surface area (TPSA) is 336 Å². The van der Waals surface area contributed by atoms with Crippen molar-refractivity contribution in [2.45, 2.75) is 116 Å². The molecule has 5 heterocycles. The zero-order chi connectivity index (χ0) is 46.3. The number of imidazole rings is 1. The highest BCUT2D eigenvalue weighted by atomic mass is 16.4. The number of fused-ring (bicyclic) bond motifs is 13. The Bertz CT molecular complexity index is 2230. The van der Waals surface area contributed by atoms with Crippen molar-refractivity contribution >= 4 is 58.3 Å². The molecule has 21 nitrogen and oxygen atoms in total. The molecule has 0 saturated heterocycles. The summed E-state index contributed by atoms with van der Waals surface area (Å²) in [6.07, 6.45) is 3.12. The fourth-order valence-electron chi connectivity index (χ4n) is 8.08. The second-order valence-electron chi connectivity index (χ2n) is 17.4. The van der Waals surface area contributed by atoms with Crippen LogP contribution < -0.4 is 49.1 Å². The van der Waals surface area contributed by atoms with E-state index in [0.29, 0.717) is 33.5 Å². The lowest BCUT2D eigenvalue weighted by atomic mass is 9.81. The first kappa shape index (κ1) is 47.5. The summed E-state index contributed by atoms with van der Waals surface area (Å²) in [6.45, 7) is 10.6. The van der Waals surface area contributed by atoms with Crippen molar-refractivity contribution in [2.75, 3.05) is 13.1 Å². The minimum Gasteiger partial charge on any atom is -0.480 e. The maximum absolute atomic E-state index is 14.7. The number of nitrogens with one attached hydrogen (secondary N) is 7. The molecule has 21 heteroatoms. The van der Waals surface area contributed by atoms with Gasteiger partial charge in [0, 0.05) is 48.0 Å². The van der Waals surface area contributed by atoms with Gasteiger partial charge in [-0.3, -0.25) is 38.3 Å². The molecule has 3 aliphatic rings. The standard InChI is InChI=1S/C42H61N13O8/c1-19(2)12-28-38(59)54-34(21(5)6)40(61)53-29-15-25-24-10-9-22(32(20(3)4)33(43)39(60)52-28)13-27(24)50-35(25)55-17-23(48-18-55)14-30(41(62)63)49-31(56)16-47-36(57)26(51-37(29)58)8-7-11-46-42(44)45/h9-10,13,17-21,26,28-30,32-34,50H,7-8,11-12,14-16,43H2,1-6H3,(H,47,57)(H,49,56)(H,51,58)(H,52,60)(H,53,61)(H,54,59)(H,62,63)(H4,44,45,46)/t26-,28-,29+,30+,32+,33-,34-/m1/s1. The van der Waals surface area contributed by atoms with Crippen molar-refractivity contribution in [1.29, 1.82) is 0 Å². The van der Waals surface area contributed by atoms with Crippen molar-refractivity contribution < 1.29 is 38.7 Å². The van der Waals surface area contributed by atoms with Gasteiger partial charge in [-0.2, -0.15) is 0 Å². The van der Waals surface area contributed by atoms with Crippen molar-refractivity contribution in [2.24, 2.45) is 39.9 Å². The van der Waals surface area contributed by atoms with Gasteiger partial charge in [0.05, 0.1) is 18.3 Å². The summed E-state index contributed by atoms with van der Waals surface area (Å²) in [5.74, 6) is -6.50. The van der Waals surface area contributed by atoms with Crippen LogP contribution in [0, 0.1) is 17.8 Å². The number of aliphatic imine (C=N–C) groups is 1. The van der Waals surface area contributed by atoms with E-state index in [4.69, 9.17) is 17.2 Å². The molecule has 0 spiro atoms. The number of H-pyrrole nitrogens is 1. The number of aliphatic carboxylic acids is 1. The lowest BCUT2D eigenvalue weighted by Crippen LogP contribution is -2.60. The van der Waals surface area contributed by atoms with Crippen LogP contribution in [0.2, 0.25) is 0 Å². The number of carbonyl (C=O) groups excluding carboxylic acids is 6. The zero-order valence-electron chi connectivity index (χ0n) is 36.5. The highest BCUT2D eigenvalue weighted by Gasteiger charge is 2.37. The second-order valence-corrected chi connectivity index (χ2v) is 17.4. The van der Waals surface area contributed by atoms with Crippen molar-refractivity contribution in [3.63, 3.8) is 0 Å². The number of carbonyl (C=O) groups is 7. The van der Waals surface area contributed by atoms with E-state index in [1.165, 1.54) is 6.33 Å². The first-order valence-corrected chi connectivity index (χ1v) is 21.2. The first-order valence-electron chi connectivity index (χ1n) is 21.2. The summed E-state index contributed by atoms with van der Waals surface area (Å²) in [7, 11) is 0. The quantitative estimate of drug-likeness (QED) is 0.0529. The highest BCUT2D eigenvalue weighted by Crippen LogP contribution is 2.34. The molecular formula is C42H61N13O8. The number of hydrogen-bond acceptors (Lipinski definition) is 10. The Labute approximate surface area is 364 Å². The third kappa shape index (κ3) is 11.9. The van der Waals surface area contributed by atoms with Gasteiger partial charge >= 0.3 is 5.97 Å². The Balaban J connectivity index is 1.73. The van der Waals surface area contributed by atoms with Gasteiger partial charge in [-0.15, -0.1) is 0 Å². The van der Waals surface area contributed by atoms with E-state index in [1.54, 1.807) is 24.6 Å². The monoisotopic (exact) mass is 875 g/mol. The largest absolute Gasteiger partial charge is 0.480 e. The van der Waals surface area contributed by atoms with Crippen molar-refractivity contribution in [1.82, 2.24) is 46.4 Å². The number of carboxylic acids is 1. The van der Waals surface area contributed by atoms with Crippen molar-refractivity contribution in [3.05, 3.63) is 47.5 Å². The van der Waals surface area contributed by atoms with E-state index in [2.05, 4.69) is 46.9 Å². The van der Waals surface area contributed by atoms with Gasteiger partial charge in [-0.1, -0.05) is 53.7 Å². The Kier molecular flexibility index (Phi) is 15.5. The molecule has 2 aromatic heterocycles. The number of carboxylic acid groups (broad SMARTS) is 1. The number of hydrogen-bond donors (Lipinski definition) is 11. The molecule has 342 valence electrons. The number of nitrogens with zero attached hydrogens (tertiary/aromatic N) is 3. The Morgan fingerprint density at radius 2 is 1.59 bits per heavy atom. The summed E-state index contributed by atoms with van der Waals surface area (Å²) in [6, 6.07) is -1.85. The number of rotatable bonds is 9. The normalized spacial score (nSPS) is 24.4. The van der Waals surface area contributed by atoms with Crippen LogP contribution in [0.3, 0.4) is 0 Å². The molecule has 7 bridgehead atoms. The molecule has 14 N–H and O–H groups in total. The van der Waals surface area contributed by atoms with E-state index in [9.17, 15) is 38.7 Å². The molecule has 63 heavy (non-hydrogen) atoms. The summed E-state index contributed by atoms with van der Waals surface area (Å²) in [5, 5.41) is 26.8. The van der Waals surface area contributed by atoms with Gasteiger partial charge in [-0.25, -0.2) is 9.78 Å². The fraction of sp³-hybridized carbons (Fsp3) is 0.548. The van der Waals surface area contributed by atoms with Gasteiger partial charge < -0.3 is 59.2 Å². The Morgan fingerprint density at radius 3 is 2.24 bits per heavy atom. The maximum atomic E-state index is 14.7. The third-order valence-electron chi connectivity index (χ3n) is 11.3. The number of guanidine groups is 1. The second kappa shape index (κ2) is 20.6. The summed E-state index contributed by atoms with van der Waals surface area (Å²) >= 11 is 0. The average molecular weight is 876 g/mol. The van der Waals surface area contributed by atoms with Gasteiger partial charge in [0.1, 0.15) is 42.4 Å². The van der Waals surface area contributed by atoms with Crippen LogP contribution >= 0.6 is 0 Å². The van der Waals surface area contributed by atoms with E-state index in [1.807, 2.05) is 45.9 Å². The fourth-order valence-corrected chi connectivity index (χ4v) is 8.08. The molecule has 6 rings (SSSR count). The molecule has 3 aliphatic heterocycles. The van der Waals surface area contributed by atoms with Crippen LogP contribution in [0.15, 0.2) is 35.7 Å². The maximum Gasteiger partial charge on any atom is 0.326 e. The average Bonchev–Trinajstić information content (AvgIpc) is 3.81. The van der Waals surface area contributed by atoms with Gasteiger partial charge in [0.2, 0.25) is 35.4 Å². The van der Waals surface area contributed by atoms with Gasteiger partial charge in [0.25, 0.3) is 0 Å². The summed E-state index contributed by atoms with van der Waals surface area (Å²) < 4.78 is 1.61. The summed E-state index contributed by atoms with van der Waals surface area (Å²) in [4.78, 5) is 108. The van der Waals surface area contributed by atoms with Gasteiger partial charge in [0.15, 0.2) is 5.96 Å². The number of nitrogens with two attached hydrogens (primary N) is 3. The minimum absolute atomic E-state index is 0.000183. The van der Waals surface area contributed by atoms with Crippen LogP contribution in [0.4, 0.5) is 0 Å². The predicted octanol–water partition coefficient (Wildman–Crippen LogP) is -1.09. The molecular weight excluding hydrogens is 815 g/mol. The predicted molar refractivity (Wildman–Crippen MR) is 233 cm³/mol. The van der Waals surface area contributed by atoms with Crippen LogP contribution in [0.1, 0.15) is 83.5 Å². The molecule has 1 aromatic carbocycles. The Hall–Kier alpha value is -6.51. The third-order valence-corrected chi connectivity index (χ3v) is 11.3. The number of aromatic amines is 1. The smallest absolute Gasteiger partial charge is 0.326 e. The van der Waals surface area contributed by atoms with Gasteiger partial charge in [-0.05, 0) is 48.6 Å². The number of amides is 6. The molecule has 6 amide bonds. The molecule has 0 unspecified atom stereocenters.